The van der Waals surface area contributed by atoms with Crippen molar-refractivity contribution >= 4 is 23.0 Å². The molecule has 2 saturated carbocycles. The Hall–Kier alpha value is -1.29. The number of rotatable bonds is 3. The van der Waals surface area contributed by atoms with E-state index in [1.165, 1.54) is 19.3 Å². The van der Waals surface area contributed by atoms with E-state index in [1.807, 2.05) is 6.07 Å². The lowest BCUT2D eigenvalue weighted by Crippen LogP contribution is -2.45. The smallest absolute Gasteiger partial charge is 0.289 e. The van der Waals surface area contributed by atoms with E-state index < -0.39 is 4.92 Å². The molecule has 0 amide bonds. The lowest BCUT2D eigenvalue weighted by molar-refractivity contribution is -0.384. The van der Waals surface area contributed by atoms with Crippen LogP contribution in [-0.2, 0) is 0 Å². The second-order valence-corrected chi connectivity index (χ2v) is 7.82. The highest BCUT2D eigenvalue weighted by atomic mass is 35.5. The summed E-state index contributed by atoms with van der Waals surface area (Å²) in [6.45, 7) is 6.96. The highest BCUT2D eigenvalue weighted by Gasteiger charge is 2.59. The minimum absolute atomic E-state index is 0.0345. The van der Waals surface area contributed by atoms with Gasteiger partial charge in [-0.05, 0) is 48.1 Å². The van der Waals surface area contributed by atoms with Crippen LogP contribution in [0.1, 0.15) is 40.0 Å². The normalized spacial score (nSPS) is 33.1. The number of hydrogen-bond donors (Lipinski definition) is 1. The topological polar surface area (TPSA) is 55.2 Å². The van der Waals surface area contributed by atoms with E-state index in [0.29, 0.717) is 6.04 Å². The molecule has 0 aliphatic heterocycles. The zero-order valence-corrected chi connectivity index (χ0v) is 13.4. The molecule has 2 aliphatic carbocycles. The second kappa shape index (κ2) is 4.60. The lowest BCUT2D eigenvalue weighted by atomic mass is 9.68. The van der Waals surface area contributed by atoms with Crippen LogP contribution in [0.5, 0.6) is 0 Å². The van der Waals surface area contributed by atoms with Gasteiger partial charge in [-0.15, -0.1) is 0 Å². The van der Waals surface area contributed by atoms with Crippen LogP contribution in [0.2, 0.25) is 5.02 Å². The molecule has 0 aromatic heterocycles. The highest BCUT2D eigenvalue weighted by Crippen LogP contribution is 2.63. The molecule has 2 aliphatic rings. The van der Waals surface area contributed by atoms with Crippen LogP contribution >= 0.6 is 11.6 Å². The van der Waals surface area contributed by atoms with Gasteiger partial charge in [0, 0.05) is 17.8 Å². The molecular formula is C16H21ClN2O2. The van der Waals surface area contributed by atoms with Crippen LogP contribution < -0.4 is 5.32 Å². The Balaban J connectivity index is 1.90. The fourth-order valence-corrected chi connectivity index (χ4v) is 4.76. The van der Waals surface area contributed by atoms with Crippen molar-refractivity contribution in [3.63, 3.8) is 0 Å². The molecule has 5 heteroatoms. The van der Waals surface area contributed by atoms with E-state index in [-0.39, 0.29) is 21.5 Å². The Bertz CT molecular complexity index is 597. The van der Waals surface area contributed by atoms with Crippen LogP contribution in [0.25, 0.3) is 0 Å². The van der Waals surface area contributed by atoms with E-state index in [0.717, 1.165) is 11.6 Å². The van der Waals surface area contributed by atoms with Gasteiger partial charge in [-0.2, -0.15) is 0 Å². The molecule has 0 saturated heterocycles. The number of nitro benzene ring substituents is 1. The van der Waals surface area contributed by atoms with Gasteiger partial charge in [-0.1, -0.05) is 32.4 Å². The van der Waals surface area contributed by atoms with Gasteiger partial charge in [0.15, 0.2) is 0 Å². The van der Waals surface area contributed by atoms with Gasteiger partial charge in [0.2, 0.25) is 0 Å². The molecular weight excluding hydrogens is 288 g/mol. The molecule has 3 rings (SSSR count). The molecule has 0 radical (unpaired) electrons. The number of anilines is 1. The maximum atomic E-state index is 11.0. The molecule has 3 atom stereocenters. The van der Waals surface area contributed by atoms with Gasteiger partial charge >= 0.3 is 0 Å². The predicted molar refractivity (Wildman–Crippen MR) is 84.7 cm³/mol. The average molecular weight is 309 g/mol. The molecule has 3 unspecified atom stereocenters. The van der Waals surface area contributed by atoms with E-state index in [2.05, 4.69) is 26.1 Å². The van der Waals surface area contributed by atoms with Crippen molar-refractivity contribution < 1.29 is 4.92 Å². The minimum atomic E-state index is -0.429. The maximum absolute atomic E-state index is 11.0. The van der Waals surface area contributed by atoms with Crippen molar-refractivity contribution in [2.45, 2.75) is 46.1 Å². The number of nitrogens with zero attached hydrogens (tertiary/aromatic N) is 1. The summed E-state index contributed by atoms with van der Waals surface area (Å²) >= 11 is 5.88. The first-order valence-corrected chi connectivity index (χ1v) is 7.82. The van der Waals surface area contributed by atoms with Gasteiger partial charge in [0.1, 0.15) is 5.02 Å². The summed E-state index contributed by atoms with van der Waals surface area (Å²) in [6.07, 6.45) is 3.77. The van der Waals surface area contributed by atoms with Crippen molar-refractivity contribution in [1.29, 1.82) is 0 Å². The summed E-state index contributed by atoms with van der Waals surface area (Å²) < 4.78 is 0. The highest BCUT2D eigenvalue weighted by molar-refractivity contribution is 6.32. The van der Waals surface area contributed by atoms with Gasteiger partial charge < -0.3 is 5.32 Å². The molecule has 114 valence electrons. The van der Waals surface area contributed by atoms with E-state index in [1.54, 1.807) is 12.1 Å². The Morgan fingerprint density at radius 1 is 1.38 bits per heavy atom. The maximum Gasteiger partial charge on any atom is 0.289 e. The summed E-state index contributed by atoms with van der Waals surface area (Å²) in [4.78, 5) is 10.6. The summed E-state index contributed by atoms with van der Waals surface area (Å²) in [5.74, 6) is 0.738. The molecule has 21 heavy (non-hydrogen) atoms. The molecule has 1 N–H and O–H groups in total. The molecule has 2 bridgehead atoms. The first-order chi connectivity index (χ1) is 9.74. The quantitative estimate of drug-likeness (QED) is 0.640. The first kappa shape index (κ1) is 14.6. The van der Waals surface area contributed by atoms with Crippen LogP contribution in [0.4, 0.5) is 11.4 Å². The fraction of sp³-hybridized carbons (Fsp3) is 0.625. The number of hydrogen-bond acceptors (Lipinski definition) is 3. The zero-order valence-electron chi connectivity index (χ0n) is 12.6. The summed E-state index contributed by atoms with van der Waals surface area (Å²) in [5, 5.41) is 14.8. The standard InChI is InChI=1S/C16H21ClN2O2/c1-15(2)10-6-7-16(3,9-10)14(15)18-11-4-5-12(17)13(8-11)19(20)21/h4-5,8,10,14,18H,6-7,9H2,1-3H3. The number of halogens is 1. The number of nitro groups is 1. The minimum Gasteiger partial charge on any atom is -0.381 e. The van der Waals surface area contributed by atoms with E-state index >= 15 is 0 Å². The molecule has 1 aromatic carbocycles. The average Bonchev–Trinajstić information content (AvgIpc) is 2.87. The molecule has 0 spiro atoms. The largest absolute Gasteiger partial charge is 0.381 e. The molecule has 4 nitrogen and oxygen atoms in total. The SMILES string of the molecule is CC12CCC(C1)C(C)(C)C2Nc1ccc(Cl)c([N+](=O)[O-])c1. The van der Waals surface area contributed by atoms with E-state index in [9.17, 15) is 10.1 Å². The van der Waals surface area contributed by atoms with Gasteiger partial charge in [0.25, 0.3) is 5.69 Å². The predicted octanol–water partition coefficient (Wildman–Crippen LogP) is 4.87. The number of nitrogens with one attached hydrogen (secondary N) is 1. The van der Waals surface area contributed by atoms with Gasteiger partial charge in [-0.3, -0.25) is 10.1 Å². The number of fused-ring (bicyclic) bond motifs is 2. The van der Waals surface area contributed by atoms with Crippen molar-refractivity contribution in [2.75, 3.05) is 5.32 Å². The Morgan fingerprint density at radius 3 is 2.67 bits per heavy atom. The van der Waals surface area contributed by atoms with E-state index in [4.69, 9.17) is 11.6 Å². The van der Waals surface area contributed by atoms with Crippen LogP contribution in [0, 0.1) is 26.9 Å². The Morgan fingerprint density at radius 2 is 2.10 bits per heavy atom. The van der Waals surface area contributed by atoms with Crippen LogP contribution in [0.3, 0.4) is 0 Å². The zero-order chi connectivity index (χ0) is 15.4. The number of benzene rings is 1. The van der Waals surface area contributed by atoms with Gasteiger partial charge in [0.05, 0.1) is 4.92 Å². The van der Waals surface area contributed by atoms with Crippen molar-refractivity contribution in [2.24, 2.45) is 16.7 Å². The second-order valence-electron chi connectivity index (χ2n) is 7.42. The summed E-state index contributed by atoms with van der Waals surface area (Å²) in [5.41, 5.74) is 1.25. The first-order valence-electron chi connectivity index (χ1n) is 7.44. The van der Waals surface area contributed by atoms with Gasteiger partial charge in [-0.25, -0.2) is 0 Å². The molecule has 2 fully saturated rings. The van der Waals surface area contributed by atoms with Crippen molar-refractivity contribution in [3.8, 4) is 0 Å². The van der Waals surface area contributed by atoms with Crippen LogP contribution in [-0.4, -0.2) is 11.0 Å². The lowest BCUT2D eigenvalue weighted by Gasteiger charge is -2.43. The van der Waals surface area contributed by atoms with Crippen molar-refractivity contribution in [1.82, 2.24) is 0 Å². The van der Waals surface area contributed by atoms with Crippen LogP contribution in [0.15, 0.2) is 18.2 Å². The van der Waals surface area contributed by atoms with Crippen molar-refractivity contribution in [3.05, 3.63) is 33.3 Å². The molecule has 1 aromatic rings. The Kier molecular flexibility index (Phi) is 3.21. The third kappa shape index (κ3) is 2.20. The third-order valence-corrected chi connectivity index (χ3v) is 6.04. The Labute approximate surface area is 130 Å². The monoisotopic (exact) mass is 308 g/mol. The fourth-order valence-electron chi connectivity index (χ4n) is 4.57. The third-order valence-electron chi connectivity index (χ3n) is 5.72. The summed E-state index contributed by atoms with van der Waals surface area (Å²) in [6, 6.07) is 5.32. The summed E-state index contributed by atoms with van der Waals surface area (Å²) in [7, 11) is 0. The molecule has 0 heterocycles.